The van der Waals surface area contributed by atoms with E-state index in [4.69, 9.17) is 9.97 Å². The van der Waals surface area contributed by atoms with Crippen molar-refractivity contribution in [2.24, 2.45) is 0 Å². The minimum Gasteiger partial charge on any atom is 0 e. The molecule has 5 heterocycles. The van der Waals surface area contributed by atoms with Crippen molar-refractivity contribution in [3.05, 3.63) is 70.8 Å². The second-order valence-electron chi connectivity index (χ2n) is 22.5. The van der Waals surface area contributed by atoms with Crippen molar-refractivity contribution in [3.63, 3.8) is 0 Å². The zero-order valence-electron chi connectivity index (χ0n) is 48.3. The number of aromatic nitrogens is 4. The summed E-state index contributed by atoms with van der Waals surface area (Å²) in [5, 5.41) is 1.30. The molecule has 0 aliphatic carbocycles. The van der Waals surface area contributed by atoms with E-state index in [0.29, 0.717) is 0 Å². The molecule has 3 aromatic heterocycles. The van der Waals surface area contributed by atoms with Crippen molar-refractivity contribution < 1.29 is 37.8 Å². The SMILES string of the molecule is CCCCCCCCCCCCCCCCCCCCCCCCc1cc2cc3nc(cc4ccc(cc5nc(cc1[nH]2)C=C5)[nH]4)C=C3.CCCCCCCCCCCCCCCCCCCCCCC[CH2][Ru].[Zn]. The summed E-state index contributed by atoms with van der Waals surface area (Å²) < 4.78 is 0. The number of rotatable bonds is 45. The molecular formula is C68H111N4RuZn. The van der Waals surface area contributed by atoms with Crippen molar-refractivity contribution in [1.82, 2.24) is 19.9 Å². The molecule has 413 valence electrons. The first-order valence-corrected chi connectivity index (χ1v) is 33.0. The number of aryl methyl sites for hydroxylation is 1. The van der Waals surface area contributed by atoms with Crippen LogP contribution in [-0.2, 0) is 44.2 Å². The van der Waals surface area contributed by atoms with E-state index in [1.54, 1.807) is 0 Å². The van der Waals surface area contributed by atoms with Crippen LogP contribution in [0.25, 0.3) is 46.4 Å². The molecule has 4 nitrogen and oxygen atoms in total. The molecule has 0 unspecified atom stereocenters. The van der Waals surface area contributed by atoms with Crippen molar-refractivity contribution in [2.75, 3.05) is 0 Å². The second-order valence-corrected chi connectivity index (χ2v) is 23.3. The molecule has 0 fully saturated rings. The standard InChI is InChI=1S/C44H62N4.C24H49.Ru.Zn/c1-2-3-4-5-6-7-8-9-10-11-12-13-14-15-16-17-18-19-20-21-22-23-24-36-31-43-34-41-28-27-39(46-41)32-37-25-26-38(45-37)33-40-29-30-42(47-40)35-44(36)48-43;1-3-5-7-9-11-13-15-17-19-21-23-24-22-20-18-16-14-12-10-8-6-4-2;;/h25-35,45,48H,2-24H2,1H3;1,3-24H2,2H3;;. The number of unbranched alkanes of at least 4 members (excludes halogenated alkanes) is 42. The second kappa shape index (κ2) is 46.9. The number of aromatic amines is 2. The number of H-pyrrole nitrogens is 2. The van der Waals surface area contributed by atoms with E-state index >= 15 is 0 Å². The fraction of sp³-hybridized carbons (Fsp3) is 0.706. The fourth-order valence-electron chi connectivity index (χ4n) is 10.9. The van der Waals surface area contributed by atoms with Gasteiger partial charge in [0.05, 0.1) is 22.8 Å². The van der Waals surface area contributed by atoms with E-state index < -0.39 is 0 Å². The Bertz CT molecular complexity index is 1970. The third-order valence-electron chi connectivity index (χ3n) is 15.5. The maximum Gasteiger partial charge on any atom is 0 e. The molecule has 0 atom stereocenters. The van der Waals surface area contributed by atoms with Gasteiger partial charge >= 0.3 is 93.9 Å². The molecule has 0 aromatic carbocycles. The molecule has 2 aliphatic rings. The van der Waals surface area contributed by atoms with Crippen LogP contribution in [0.1, 0.15) is 325 Å². The largest absolute Gasteiger partial charge is 0 e. The minimum atomic E-state index is 0. The van der Waals surface area contributed by atoms with Crippen molar-refractivity contribution in [2.45, 2.75) is 308 Å². The molecule has 2 N–H and O–H groups in total. The summed E-state index contributed by atoms with van der Waals surface area (Å²) in [6.07, 6.45) is 73.2. The Kier molecular flexibility index (Phi) is 41.9. The summed E-state index contributed by atoms with van der Waals surface area (Å²) in [5.41, 5.74) is 9.63. The van der Waals surface area contributed by atoms with Crippen LogP contribution >= 0.6 is 0 Å². The summed E-state index contributed by atoms with van der Waals surface area (Å²) in [6.45, 7) is 4.60. The van der Waals surface area contributed by atoms with E-state index in [0.717, 1.165) is 45.7 Å². The van der Waals surface area contributed by atoms with Crippen LogP contribution in [0.5, 0.6) is 0 Å². The summed E-state index contributed by atoms with van der Waals surface area (Å²) >= 11 is 2.75. The van der Waals surface area contributed by atoms with Gasteiger partial charge in [-0.15, -0.1) is 0 Å². The molecule has 0 saturated heterocycles. The van der Waals surface area contributed by atoms with Gasteiger partial charge in [0.1, 0.15) is 0 Å². The monoisotopic (exact) mass is 1150 g/mol. The van der Waals surface area contributed by atoms with Gasteiger partial charge in [-0.05, 0) is 85.2 Å². The van der Waals surface area contributed by atoms with Gasteiger partial charge in [-0.25, -0.2) is 9.97 Å². The number of hydrogen-bond donors (Lipinski definition) is 2. The van der Waals surface area contributed by atoms with Gasteiger partial charge < -0.3 is 9.97 Å². The number of hydrogen-bond acceptors (Lipinski definition) is 2. The molecule has 74 heavy (non-hydrogen) atoms. The van der Waals surface area contributed by atoms with Crippen LogP contribution < -0.4 is 0 Å². The first-order chi connectivity index (χ1) is 36.2. The number of fused-ring (bicyclic) bond motifs is 8. The van der Waals surface area contributed by atoms with Gasteiger partial charge in [0, 0.05) is 41.5 Å². The third-order valence-corrected chi connectivity index (χ3v) is 16.1. The van der Waals surface area contributed by atoms with Crippen LogP contribution in [0.3, 0.4) is 0 Å². The van der Waals surface area contributed by atoms with E-state index in [9.17, 15) is 0 Å². The molecular weight excluding hydrogens is 1040 g/mol. The van der Waals surface area contributed by atoms with Gasteiger partial charge in [-0.3, -0.25) is 0 Å². The van der Waals surface area contributed by atoms with Crippen LogP contribution in [-0.4, -0.2) is 19.9 Å². The average molecular weight is 1150 g/mol. The molecule has 0 radical (unpaired) electrons. The van der Waals surface area contributed by atoms with E-state index in [-0.39, 0.29) is 19.5 Å². The van der Waals surface area contributed by atoms with Gasteiger partial charge in [0.2, 0.25) is 0 Å². The maximum absolute atomic E-state index is 4.87. The topological polar surface area (TPSA) is 57.4 Å². The normalized spacial score (nSPS) is 11.8. The van der Waals surface area contributed by atoms with E-state index in [1.165, 1.54) is 299 Å². The van der Waals surface area contributed by atoms with E-state index in [1.807, 2.05) is 0 Å². The van der Waals surface area contributed by atoms with Gasteiger partial charge in [-0.1, -0.05) is 219 Å². The first-order valence-electron chi connectivity index (χ1n) is 31.8. The zero-order valence-corrected chi connectivity index (χ0v) is 53.0. The van der Waals surface area contributed by atoms with Gasteiger partial charge in [-0.2, -0.15) is 0 Å². The average Bonchev–Trinajstić information content (AvgIpc) is 4.23. The quantitative estimate of drug-likeness (QED) is 0.0301. The molecule has 0 amide bonds. The van der Waals surface area contributed by atoms with Gasteiger partial charge in [0.25, 0.3) is 0 Å². The third kappa shape index (κ3) is 33.9. The molecule has 0 spiro atoms. The molecule has 3 aromatic rings. The number of nitrogens with one attached hydrogen (secondary N) is 2. The predicted octanol–water partition coefficient (Wildman–Crippen LogP) is 23.4. The number of nitrogens with zero attached hydrogens (tertiary/aromatic N) is 2. The Morgan fingerprint density at radius 1 is 0.311 bits per heavy atom. The predicted molar refractivity (Wildman–Crippen MR) is 322 cm³/mol. The van der Waals surface area contributed by atoms with Crippen molar-refractivity contribution in [1.29, 1.82) is 0 Å². The van der Waals surface area contributed by atoms with Crippen molar-refractivity contribution in [3.8, 4) is 0 Å². The van der Waals surface area contributed by atoms with Crippen LogP contribution in [0.2, 0.25) is 5.02 Å². The molecule has 2 aliphatic heterocycles. The molecule has 8 bridgehead atoms. The molecule has 0 saturated carbocycles. The zero-order chi connectivity index (χ0) is 51.3. The van der Waals surface area contributed by atoms with Crippen LogP contribution in [0.4, 0.5) is 0 Å². The Balaban J connectivity index is 0.000000473. The summed E-state index contributed by atoms with van der Waals surface area (Å²) in [7, 11) is 0. The smallest absolute Gasteiger partial charge is 0 e. The van der Waals surface area contributed by atoms with E-state index in [2.05, 4.69) is 109 Å². The Hall–Kier alpha value is -2.15. The van der Waals surface area contributed by atoms with Crippen LogP contribution in [0.15, 0.2) is 42.5 Å². The fourth-order valence-corrected chi connectivity index (χ4v) is 11.3. The summed E-state index contributed by atoms with van der Waals surface area (Å²) in [6, 6.07) is 15.0. The minimum absolute atomic E-state index is 0. The summed E-state index contributed by atoms with van der Waals surface area (Å²) in [5.74, 6) is 0. The van der Waals surface area contributed by atoms with Gasteiger partial charge in [0.15, 0.2) is 0 Å². The molecule has 5 rings (SSSR count). The first kappa shape index (κ1) is 66.1. The maximum atomic E-state index is 4.87. The van der Waals surface area contributed by atoms with Crippen LogP contribution in [0, 0.1) is 0 Å². The van der Waals surface area contributed by atoms with Crippen molar-refractivity contribution >= 4 is 46.4 Å². The summed E-state index contributed by atoms with van der Waals surface area (Å²) in [4.78, 5) is 16.8. The Morgan fingerprint density at radius 3 is 0.892 bits per heavy atom. The molecule has 6 heteroatoms. The Morgan fingerprint density at radius 2 is 0.581 bits per heavy atom. The Labute approximate surface area is 479 Å².